The molecule has 0 aliphatic carbocycles. The lowest BCUT2D eigenvalue weighted by atomic mass is 10.0. The maximum absolute atomic E-state index is 4.06. The number of aromatic nitrogens is 1. The summed E-state index contributed by atoms with van der Waals surface area (Å²) in [5.74, 6) is 0. The van der Waals surface area contributed by atoms with Crippen molar-refractivity contribution in [1.29, 1.82) is 0 Å². The van der Waals surface area contributed by atoms with Gasteiger partial charge in [-0.3, -0.25) is 4.98 Å². The van der Waals surface area contributed by atoms with Crippen molar-refractivity contribution < 1.29 is 0 Å². The van der Waals surface area contributed by atoms with E-state index in [9.17, 15) is 0 Å². The fourth-order valence-corrected chi connectivity index (χ4v) is 1.31. The molecule has 0 spiro atoms. The van der Waals surface area contributed by atoms with Gasteiger partial charge >= 0.3 is 0 Å². The van der Waals surface area contributed by atoms with Crippen molar-refractivity contribution in [2.45, 2.75) is 13.0 Å². The summed E-state index contributed by atoms with van der Waals surface area (Å²) in [4.78, 5) is 4.06. The van der Waals surface area contributed by atoms with Crippen LogP contribution in [-0.2, 0) is 13.0 Å². The van der Waals surface area contributed by atoms with Gasteiger partial charge in [0.15, 0.2) is 0 Å². The minimum absolute atomic E-state index is 0. The van der Waals surface area contributed by atoms with Crippen molar-refractivity contribution in [3.05, 3.63) is 29.6 Å². The van der Waals surface area contributed by atoms with Crippen LogP contribution in [0.15, 0.2) is 18.5 Å². The van der Waals surface area contributed by atoms with Crippen LogP contribution < -0.4 is 5.32 Å². The van der Waals surface area contributed by atoms with Gasteiger partial charge in [0, 0.05) is 18.9 Å². The quantitative estimate of drug-likeness (QED) is 0.698. The fraction of sp³-hybridized carbons (Fsp3) is 0.375. The predicted molar refractivity (Wildman–Crippen MR) is 54.1 cm³/mol. The Labute approximate surface area is 84.6 Å². The Morgan fingerprint density at radius 2 is 2.08 bits per heavy atom. The summed E-state index contributed by atoms with van der Waals surface area (Å²) in [6.45, 7) is 2.10. The van der Waals surface area contributed by atoms with E-state index >= 15 is 0 Å². The van der Waals surface area contributed by atoms with Crippen molar-refractivity contribution in [2.75, 3.05) is 6.54 Å². The highest BCUT2D eigenvalue weighted by molar-refractivity contribution is 5.85. The first kappa shape index (κ1) is 11.7. The first-order valence-corrected chi connectivity index (χ1v) is 3.59. The summed E-state index contributed by atoms with van der Waals surface area (Å²) >= 11 is 0. The van der Waals surface area contributed by atoms with Crippen LogP contribution in [0.25, 0.3) is 0 Å². The zero-order valence-corrected chi connectivity index (χ0v) is 8.25. The maximum Gasteiger partial charge on any atom is 0.0315 e. The molecule has 0 aromatic carbocycles. The summed E-state index contributed by atoms with van der Waals surface area (Å²) in [5, 5.41) is 3.30. The highest BCUT2D eigenvalue weighted by Gasteiger charge is 2.05. The van der Waals surface area contributed by atoms with Crippen LogP contribution in [0.3, 0.4) is 0 Å². The monoisotopic (exact) mass is 206 g/mol. The second-order valence-electron chi connectivity index (χ2n) is 2.57. The Bertz CT molecular complexity index is 215. The van der Waals surface area contributed by atoms with Gasteiger partial charge in [-0.1, -0.05) is 0 Å². The molecule has 2 nitrogen and oxygen atoms in total. The third kappa shape index (κ3) is 2.34. The van der Waals surface area contributed by atoms with Crippen LogP contribution in [-0.4, -0.2) is 11.5 Å². The van der Waals surface area contributed by atoms with Crippen LogP contribution in [0.1, 0.15) is 11.1 Å². The Hall–Kier alpha value is -0.310. The van der Waals surface area contributed by atoms with Crippen molar-refractivity contribution >= 4 is 24.8 Å². The SMILES string of the molecule is Cl.Cl.c1cc2c(cn1)CNCC2. The second kappa shape index (κ2) is 5.36. The zero-order valence-electron chi connectivity index (χ0n) is 6.62. The van der Waals surface area contributed by atoms with Crippen LogP contribution in [0, 0.1) is 0 Å². The van der Waals surface area contributed by atoms with E-state index in [-0.39, 0.29) is 24.8 Å². The number of fused-ring (bicyclic) bond motifs is 1. The Balaban J connectivity index is 0.000000605. The molecular formula is C8H12Cl2N2. The summed E-state index contributed by atoms with van der Waals surface area (Å²) in [5.41, 5.74) is 2.81. The number of nitrogens with zero attached hydrogens (tertiary/aromatic N) is 1. The molecular weight excluding hydrogens is 195 g/mol. The van der Waals surface area contributed by atoms with E-state index in [1.807, 2.05) is 12.4 Å². The lowest BCUT2D eigenvalue weighted by Crippen LogP contribution is -2.23. The molecule has 0 saturated carbocycles. The first-order chi connectivity index (χ1) is 4.97. The minimum Gasteiger partial charge on any atom is -0.312 e. The molecule has 2 heterocycles. The van der Waals surface area contributed by atoms with Gasteiger partial charge in [-0.15, -0.1) is 24.8 Å². The second-order valence-corrected chi connectivity index (χ2v) is 2.57. The molecule has 1 N–H and O–H groups in total. The van der Waals surface area contributed by atoms with E-state index in [2.05, 4.69) is 16.4 Å². The molecule has 1 aromatic heterocycles. The van der Waals surface area contributed by atoms with Gasteiger partial charge < -0.3 is 5.32 Å². The molecule has 4 heteroatoms. The number of hydrogen-bond donors (Lipinski definition) is 1. The number of hydrogen-bond acceptors (Lipinski definition) is 2. The van der Waals surface area contributed by atoms with Crippen molar-refractivity contribution in [3.8, 4) is 0 Å². The molecule has 1 aliphatic heterocycles. The van der Waals surface area contributed by atoms with E-state index < -0.39 is 0 Å². The maximum atomic E-state index is 4.06. The normalized spacial score (nSPS) is 13.7. The lowest BCUT2D eigenvalue weighted by molar-refractivity contribution is 0.641. The lowest BCUT2D eigenvalue weighted by Gasteiger charge is -2.15. The van der Waals surface area contributed by atoms with Crippen molar-refractivity contribution in [2.24, 2.45) is 0 Å². The summed E-state index contributed by atoms with van der Waals surface area (Å²) in [6, 6.07) is 2.11. The molecule has 12 heavy (non-hydrogen) atoms. The van der Waals surface area contributed by atoms with Gasteiger partial charge in [-0.25, -0.2) is 0 Å². The topological polar surface area (TPSA) is 24.9 Å². The Kier molecular flexibility index (Phi) is 5.22. The summed E-state index contributed by atoms with van der Waals surface area (Å²) < 4.78 is 0. The van der Waals surface area contributed by atoms with Gasteiger partial charge in [0.05, 0.1) is 0 Å². The predicted octanol–water partition coefficient (Wildman–Crippen LogP) is 1.57. The molecule has 0 unspecified atom stereocenters. The number of nitrogens with one attached hydrogen (secondary N) is 1. The average Bonchev–Trinajstić information content (AvgIpc) is 2.05. The van der Waals surface area contributed by atoms with Crippen LogP contribution in [0.4, 0.5) is 0 Å². The fourth-order valence-electron chi connectivity index (χ4n) is 1.31. The minimum atomic E-state index is 0. The molecule has 2 rings (SSSR count). The van der Waals surface area contributed by atoms with E-state index in [0.29, 0.717) is 0 Å². The van der Waals surface area contributed by atoms with Crippen molar-refractivity contribution in [3.63, 3.8) is 0 Å². The molecule has 0 radical (unpaired) electrons. The molecule has 1 aliphatic rings. The first-order valence-electron chi connectivity index (χ1n) is 3.59. The van der Waals surface area contributed by atoms with Gasteiger partial charge in [0.2, 0.25) is 0 Å². The summed E-state index contributed by atoms with van der Waals surface area (Å²) in [7, 11) is 0. The molecule has 0 amide bonds. The molecule has 0 fully saturated rings. The van der Waals surface area contributed by atoms with Crippen LogP contribution in [0.2, 0.25) is 0 Å². The standard InChI is InChI=1S/C8H10N2.2ClH/c1-3-9-5-8-6-10-4-2-7(1)8;;/h1,3,5,10H,2,4,6H2;2*1H. The molecule has 0 atom stereocenters. The van der Waals surface area contributed by atoms with Crippen molar-refractivity contribution in [1.82, 2.24) is 10.3 Å². The number of rotatable bonds is 0. The van der Waals surface area contributed by atoms with E-state index in [4.69, 9.17) is 0 Å². The van der Waals surface area contributed by atoms with Crippen LogP contribution in [0.5, 0.6) is 0 Å². The van der Waals surface area contributed by atoms with E-state index in [1.54, 1.807) is 0 Å². The third-order valence-electron chi connectivity index (χ3n) is 1.89. The van der Waals surface area contributed by atoms with Gasteiger partial charge in [-0.2, -0.15) is 0 Å². The Morgan fingerprint density at radius 1 is 1.25 bits per heavy atom. The molecule has 1 aromatic rings. The van der Waals surface area contributed by atoms with Gasteiger partial charge in [0.25, 0.3) is 0 Å². The smallest absolute Gasteiger partial charge is 0.0315 e. The highest BCUT2D eigenvalue weighted by Crippen LogP contribution is 2.10. The van der Waals surface area contributed by atoms with E-state index in [0.717, 1.165) is 19.5 Å². The molecule has 0 saturated heterocycles. The molecule has 68 valence electrons. The number of pyridine rings is 1. The van der Waals surface area contributed by atoms with Gasteiger partial charge in [-0.05, 0) is 30.2 Å². The Morgan fingerprint density at radius 3 is 2.83 bits per heavy atom. The average molecular weight is 207 g/mol. The highest BCUT2D eigenvalue weighted by atomic mass is 35.5. The van der Waals surface area contributed by atoms with E-state index in [1.165, 1.54) is 11.1 Å². The third-order valence-corrected chi connectivity index (χ3v) is 1.89. The van der Waals surface area contributed by atoms with Gasteiger partial charge in [0.1, 0.15) is 0 Å². The zero-order chi connectivity index (χ0) is 6.81. The number of halogens is 2. The summed E-state index contributed by atoms with van der Waals surface area (Å²) in [6.07, 6.45) is 4.96. The molecule has 0 bridgehead atoms. The largest absolute Gasteiger partial charge is 0.312 e. The van der Waals surface area contributed by atoms with Crippen LogP contribution >= 0.6 is 24.8 Å².